The van der Waals surface area contributed by atoms with E-state index in [4.69, 9.17) is 14.6 Å². The summed E-state index contributed by atoms with van der Waals surface area (Å²) in [5.41, 5.74) is 0.434. The summed E-state index contributed by atoms with van der Waals surface area (Å²) in [4.78, 5) is 10.5. The Balaban J connectivity index is 1.78. The molecule has 0 aliphatic carbocycles. The standard InChI is InChI=1S/C14H17N3O4/c1-2-20-12-3-5-13(6-4-12)21-8-7-17-10-11(15-16-17)9-14(18)19/h3-6,10H,2,7-9H2,1H3,(H,18,19). The van der Waals surface area contributed by atoms with Crippen molar-refractivity contribution in [3.8, 4) is 11.5 Å². The van der Waals surface area contributed by atoms with E-state index in [9.17, 15) is 4.79 Å². The minimum atomic E-state index is -0.923. The Morgan fingerprint density at radius 1 is 1.24 bits per heavy atom. The van der Waals surface area contributed by atoms with E-state index >= 15 is 0 Å². The van der Waals surface area contributed by atoms with Crippen molar-refractivity contribution < 1.29 is 19.4 Å². The summed E-state index contributed by atoms with van der Waals surface area (Å²) < 4.78 is 12.5. The molecule has 0 spiro atoms. The van der Waals surface area contributed by atoms with Crippen LogP contribution in [0.15, 0.2) is 30.5 Å². The molecule has 0 radical (unpaired) electrons. The molecule has 0 saturated heterocycles. The average Bonchev–Trinajstić information content (AvgIpc) is 2.88. The third-order valence-corrected chi connectivity index (χ3v) is 2.64. The van der Waals surface area contributed by atoms with Gasteiger partial charge in [-0.05, 0) is 31.2 Å². The van der Waals surface area contributed by atoms with Crippen molar-refractivity contribution in [2.75, 3.05) is 13.2 Å². The van der Waals surface area contributed by atoms with E-state index in [-0.39, 0.29) is 6.42 Å². The average molecular weight is 291 g/mol. The SMILES string of the molecule is CCOc1ccc(OCCn2cc(CC(=O)O)nn2)cc1. The van der Waals surface area contributed by atoms with Gasteiger partial charge in [-0.25, -0.2) is 4.68 Å². The van der Waals surface area contributed by atoms with E-state index < -0.39 is 5.97 Å². The normalized spacial score (nSPS) is 10.3. The largest absolute Gasteiger partial charge is 0.494 e. The molecule has 0 fully saturated rings. The van der Waals surface area contributed by atoms with Crippen LogP contribution in [0.1, 0.15) is 12.6 Å². The van der Waals surface area contributed by atoms with Gasteiger partial charge in [0, 0.05) is 6.20 Å². The topological polar surface area (TPSA) is 86.5 Å². The fourth-order valence-corrected chi connectivity index (χ4v) is 1.74. The Morgan fingerprint density at radius 2 is 1.90 bits per heavy atom. The van der Waals surface area contributed by atoms with E-state index in [0.717, 1.165) is 11.5 Å². The van der Waals surface area contributed by atoms with Gasteiger partial charge in [0.1, 0.15) is 18.1 Å². The lowest BCUT2D eigenvalue weighted by atomic mass is 10.3. The van der Waals surface area contributed by atoms with Crippen molar-refractivity contribution in [1.29, 1.82) is 0 Å². The Labute approximate surface area is 122 Å². The highest BCUT2D eigenvalue weighted by atomic mass is 16.5. The van der Waals surface area contributed by atoms with Crippen LogP contribution in [0.3, 0.4) is 0 Å². The molecule has 0 saturated carbocycles. The van der Waals surface area contributed by atoms with Crippen LogP contribution in [0, 0.1) is 0 Å². The van der Waals surface area contributed by atoms with Gasteiger partial charge >= 0.3 is 5.97 Å². The van der Waals surface area contributed by atoms with E-state index in [1.807, 2.05) is 31.2 Å². The molecule has 2 rings (SSSR count). The highest BCUT2D eigenvalue weighted by Crippen LogP contribution is 2.17. The summed E-state index contributed by atoms with van der Waals surface area (Å²) in [5.74, 6) is 0.622. The first-order valence-electron chi connectivity index (χ1n) is 6.64. The lowest BCUT2D eigenvalue weighted by Gasteiger charge is -2.07. The van der Waals surface area contributed by atoms with Crippen molar-refractivity contribution in [1.82, 2.24) is 15.0 Å². The Morgan fingerprint density at radius 3 is 2.52 bits per heavy atom. The summed E-state index contributed by atoms with van der Waals surface area (Å²) in [7, 11) is 0. The molecular formula is C14H17N3O4. The predicted octanol–water partition coefficient (Wildman–Crippen LogP) is 1.38. The predicted molar refractivity (Wildman–Crippen MR) is 74.5 cm³/mol. The van der Waals surface area contributed by atoms with Crippen molar-refractivity contribution >= 4 is 5.97 Å². The first-order chi connectivity index (χ1) is 10.2. The van der Waals surface area contributed by atoms with Crippen LogP contribution in [0.5, 0.6) is 11.5 Å². The number of aliphatic carboxylic acids is 1. The second kappa shape index (κ2) is 7.28. The molecule has 1 aromatic carbocycles. The summed E-state index contributed by atoms with van der Waals surface area (Å²) in [6, 6.07) is 7.36. The van der Waals surface area contributed by atoms with Crippen LogP contribution in [-0.2, 0) is 17.8 Å². The minimum absolute atomic E-state index is 0.125. The van der Waals surface area contributed by atoms with Gasteiger partial charge in [-0.1, -0.05) is 5.21 Å². The molecule has 0 aliphatic heterocycles. The van der Waals surface area contributed by atoms with Crippen molar-refractivity contribution in [2.45, 2.75) is 19.9 Å². The number of carboxylic acids is 1. The number of nitrogens with zero attached hydrogens (tertiary/aromatic N) is 3. The molecule has 7 heteroatoms. The van der Waals surface area contributed by atoms with Crippen LogP contribution < -0.4 is 9.47 Å². The first-order valence-corrected chi connectivity index (χ1v) is 6.64. The number of carboxylic acid groups (broad SMARTS) is 1. The highest BCUT2D eigenvalue weighted by molar-refractivity contribution is 5.69. The van der Waals surface area contributed by atoms with E-state index in [1.54, 1.807) is 10.9 Å². The van der Waals surface area contributed by atoms with Crippen molar-refractivity contribution in [2.24, 2.45) is 0 Å². The number of carbonyl (C=O) groups is 1. The molecule has 7 nitrogen and oxygen atoms in total. The zero-order valence-electron chi connectivity index (χ0n) is 11.7. The first kappa shape index (κ1) is 14.8. The molecule has 1 aromatic heterocycles. The van der Waals surface area contributed by atoms with Gasteiger partial charge in [0.25, 0.3) is 0 Å². The summed E-state index contributed by atoms with van der Waals surface area (Å²) in [6.07, 6.45) is 1.48. The third kappa shape index (κ3) is 4.79. The summed E-state index contributed by atoms with van der Waals surface area (Å²) in [5, 5.41) is 16.3. The second-order valence-corrected chi connectivity index (χ2v) is 4.30. The molecule has 0 unspecified atom stereocenters. The third-order valence-electron chi connectivity index (χ3n) is 2.64. The number of benzene rings is 1. The fourth-order valence-electron chi connectivity index (χ4n) is 1.74. The van der Waals surface area contributed by atoms with Gasteiger partial charge < -0.3 is 14.6 Å². The number of aromatic nitrogens is 3. The number of ether oxygens (including phenoxy) is 2. The van der Waals surface area contributed by atoms with Crippen LogP contribution in [0.4, 0.5) is 0 Å². The Kier molecular flexibility index (Phi) is 5.14. The van der Waals surface area contributed by atoms with Gasteiger partial charge in [-0.15, -0.1) is 5.10 Å². The number of rotatable bonds is 8. The zero-order chi connectivity index (χ0) is 15.1. The molecule has 1 N–H and O–H groups in total. The molecule has 2 aromatic rings. The lowest BCUT2D eigenvalue weighted by Crippen LogP contribution is -2.08. The van der Waals surface area contributed by atoms with Crippen LogP contribution >= 0.6 is 0 Å². The molecule has 112 valence electrons. The summed E-state index contributed by atoms with van der Waals surface area (Å²) >= 11 is 0. The van der Waals surface area contributed by atoms with E-state index in [0.29, 0.717) is 25.5 Å². The molecule has 21 heavy (non-hydrogen) atoms. The van der Waals surface area contributed by atoms with Gasteiger partial charge in [0.2, 0.25) is 0 Å². The zero-order valence-corrected chi connectivity index (χ0v) is 11.7. The van der Waals surface area contributed by atoms with Gasteiger partial charge in [-0.2, -0.15) is 0 Å². The van der Waals surface area contributed by atoms with E-state index in [1.165, 1.54) is 0 Å². The molecular weight excluding hydrogens is 274 g/mol. The lowest BCUT2D eigenvalue weighted by molar-refractivity contribution is -0.136. The fraction of sp³-hybridized carbons (Fsp3) is 0.357. The van der Waals surface area contributed by atoms with Gasteiger partial charge in [0.15, 0.2) is 0 Å². The number of hydrogen-bond donors (Lipinski definition) is 1. The van der Waals surface area contributed by atoms with Crippen molar-refractivity contribution in [3.05, 3.63) is 36.2 Å². The minimum Gasteiger partial charge on any atom is -0.494 e. The van der Waals surface area contributed by atoms with Crippen LogP contribution in [0.25, 0.3) is 0 Å². The van der Waals surface area contributed by atoms with Crippen LogP contribution in [-0.4, -0.2) is 39.3 Å². The molecule has 0 atom stereocenters. The second-order valence-electron chi connectivity index (χ2n) is 4.30. The molecule has 0 amide bonds. The Hall–Kier alpha value is -2.57. The highest BCUT2D eigenvalue weighted by Gasteiger charge is 2.05. The monoisotopic (exact) mass is 291 g/mol. The van der Waals surface area contributed by atoms with E-state index in [2.05, 4.69) is 10.3 Å². The Bertz CT molecular complexity index is 580. The van der Waals surface area contributed by atoms with Gasteiger partial charge in [0.05, 0.1) is 25.3 Å². The molecule has 0 bridgehead atoms. The number of hydrogen-bond acceptors (Lipinski definition) is 5. The maximum absolute atomic E-state index is 10.5. The maximum atomic E-state index is 10.5. The van der Waals surface area contributed by atoms with Gasteiger partial charge in [-0.3, -0.25) is 4.79 Å². The quantitative estimate of drug-likeness (QED) is 0.790. The maximum Gasteiger partial charge on any atom is 0.309 e. The smallest absolute Gasteiger partial charge is 0.309 e. The molecule has 1 heterocycles. The van der Waals surface area contributed by atoms with Crippen LogP contribution in [0.2, 0.25) is 0 Å². The summed E-state index contributed by atoms with van der Waals surface area (Å²) in [6.45, 7) is 3.48. The molecule has 0 aliphatic rings. The van der Waals surface area contributed by atoms with Crippen molar-refractivity contribution in [3.63, 3.8) is 0 Å².